The molecule has 0 spiro atoms. The molecule has 0 unspecified atom stereocenters. The lowest BCUT2D eigenvalue weighted by Gasteiger charge is -1.91. The molecule has 0 saturated carbocycles. The fourth-order valence-electron chi connectivity index (χ4n) is 1.70. The van der Waals surface area contributed by atoms with E-state index >= 15 is 0 Å². The monoisotopic (exact) mass is 184 g/mol. The number of anilines is 1. The molecule has 4 heteroatoms. The van der Waals surface area contributed by atoms with Gasteiger partial charge < -0.3 is 10.7 Å². The van der Waals surface area contributed by atoms with E-state index in [4.69, 9.17) is 5.73 Å². The highest BCUT2D eigenvalue weighted by molar-refractivity contribution is 6.09. The second-order valence-corrected chi connectivity index (χ2v) is 3.19. The maximum atomic E-state index is 5.72. The van der Waals surface area contributed by atoms with Crippen molar-refractivity contribution in [2.75, 3.05) is 5.73 Å². The van der Waals surface area contributed by atoms with Crippen molar-refractivity contribution in [3.05, 3.63) is 30.5 Å². The van der Waals surface area contributed by atoms with Crippen LogP contribution in [0.1, 0.15) is 0 Å². The smallest absolute Gasteiger partial charge is 0.170 e. The van der Waals surface area contributed by atoms with E-state index in [1.807, 2.05) is 24.3 Å². The number of nitrogens with two attached hydrogens (primary N) is 1. The van der Waals surface area contributed by atoms with Crippen LogP contribution in [0.4, 0.5) is 5.82 Å². The van der Waals surface area contributed by atoms with Gasteiger partial charge >= 0.3 is 0 Å². The van der Waals surface area contributed by atoms with Gasteiger partial charge in [-0.1, -0.05) is 18.2 Å². The van der Waals surface area contributed by atoms with Crippen LogP contribution in [-0.4, -0.2) is 15.2 Å². The summed E-state index contributed by atoms with van der Waals surface area (Å²) in [5, 5.41) is 9.79. The van der Waals surface area contributed by atoms with Crippen LogP contribution in [0.25, 0.3) is 21.8 Å². The summed E-state index contributed by atoms with van der Waals surface area (Å²) >= 11 is 0. The average molecular weight is 184 g/mol. The summed E-state index contributed by atoms with van der Waals surface area (Å²) in [4.78, 5) is 3.22. The molecular weight excluding hydrogens is 176 g/mol. The standard InChI is InChI=1S/C10H8N4/c11-10-9-7(5-12-14-10)6-3-1-2-4-8(6)13-9/h1-5,13H,(H2,11,14). The summed E-state index contributed by atoms with van der Waals surface area (Å²) < 4.78 is 0. The number of aromatic amines is 1. The predicted molar refractivity (Wildman–Crippen MR) is 55.8 cm³/mol. The molecule has 68 valence electrons. The van der Waals surface area contributed by atoms with Crippen molar-refractivity contribution in [2.24, 2.45) is 0 Å². The third-order valence-corrected chi connectivity index (χ3v) is 2.35. The molecule has 0 aliphatic heterocycles. The molecular formula is C10H8N4. The lowest BCUT2D eigenvalue weighted by atomic mass is 10.2. The minimum absolute atomic E-state index is 0.443. The van der Waals surface area contributed by atoms with Crippen LogP contribution >= 0.6 is 0 Å². The fraction of sp³-hybridized carbons (Fsp3) is 0. The molecule has 0 fully saturated rings. The Bertz CT molecular complexity index is 612. The van der Waals surface area contributed by atoms with E-state index in [1.54, 1.807) is 6.20 Å². The van der Waals surface area contributed by atoms with Crippen LogP contribution < -0.4 is 5.73 Å². The van der Waals surface area contributed by atoms with Gasteiger partial charge in [0, 0.05) is 16.3 Å². The highest BCUT2D eigenvalue weighted by Gasteiger charge is 2.06. The SMILES string of the molecule is Nc1nncc2c1[nH]c1ccccc12. The summed E-state index contributed by atoms with van der Waals surface area (Å²) in [5.41, 5.74) is 7.64. The third kappa shape index (κ3) is 0.821. The fourth-order valence-corrected chi connectivity index (χ4v) is 1.70. The highest BCUT2D eigenvalue weighted by atomic mass is 15.1. The number of fused-ring (bicyclic) bond motifs is 3. The maximum Gasteiger partial charge on any atom is 0.170 e. The van der Waals surface area contributed by atoms with Gasteiger partial charge in [0.2, 0.25) is 0 Å². The first-order chi connectivity index (χ1) is 6.86. The van der Waals surface area contributed by atoms with E-state index in [-0.39, 0.29) is 0 Å². The quantitative estimate of drug-likeness (QED) is 0.558. The van der Waals surface area contributed by atoms with Crippen molar-refractivity contribution >= 4 is 27.6 Å². The Morgan fingerprint density at radius 3 is 2.93 bits per heavy atom. The average Bonchev–Trinajstić information content (AvgIpc) is 2.59. The summed E-state index contributed by atoms with van der Waals surface area (Å²) in [6.45, 7) is 0. The number of para-hydroxylation sites is 1. The minimum Gasteiger partial charge on any atom is -0.380 e. The molecule has 2 heterocycles. The first-order valence-corrected chi connectivity index (χ1v) is 4.34. The normalized spacial score (nSPS) is 11.1. The van der Waals surface area contributed by atoms with Gasteiger partial charge in [-0.3, -0.25) is 0 Å². The maximum absolute atomic E-state index is 5.72. The summed E-state index contributed by atoms with van der Waals surface area (Å²) in [6.07, 6.45) is 1.73. The van der Waals surface area contributed by atoms with Crippen molar-refractivity contribution in [3.63, 3.8) is 0 Å². The molecule has 0 radical (unpaired) electrons. The lowest BCUT2D eigenvalue weighted by Crippen LogP contribution is -1.92. The molecule has 0 atom stereocenters. The topological polar surface area (TPSA) is 67.6 Å². The van der Waals surface area contributed by atoms with E-state index in [2.05, 4.69) is 15.2 Å². The van der Waals surface area contributed by atoms with E-state index in [0.29, 0.717) is 5.82 Å². The Labute approximate surface area is 79.8 Å². The van der Waals surface area contributed by atoms with Crippen LogP contribution in [0.5, 0.6) is 0 Å². The van der Waals surface area contributed by atoms with Crippen molar-refractivity contribution in [1.29, 1.82) is 0 Å². The molecule has 1 aromatic carbocycles. The molecule has 3 N–H and O–H groups in total. The van der Waals surface area contributed by atoms with E-state index in [0.717, 1.165) is 21.8 Å². The van der Waals surface area contributed by atoms with Gasteiger partial charge in [-0.2, -0.15) is 5.10 Å². The van der Waals surface area contributed by atoms with Crippen molar-refractivity contribution in [2.45, 2.75) is 0 Å². The molecule has 0 amide bonds. The van der Waals surface area contributed by atoms with Gasteiger partial charge in [0.05, 0.1) is 11.7 Å². The van der Waals surface area contributed by atoms with E-state index in [9.17, 15) is 0 Å². The van der Waals surface area contributed by atoms with Gasteiger partial charge in [-0.05, 0) is 6.07 Å². The van der Waals surface area contributed by atoms with E-state index in [1.165, 1.54) is 0 Å². The van der Waals surface area contributed by atoms with Gasteiger partial charge in [0.1, 0.15) is 0 Å². The first-order valence-electron chi connectivity index (χ1n) is 4.34. The second-order valence-electron chi connectivity index (χ2n) is 3.19. The van der Waals surface area contributed by atoms with Gasteiger partial charge in [0.15, 0.2) is 5.82 Å². The largest absolute Gasteiger partial charge is 0.380 e. The summed E-state index contributed by atoms with van der Waals surface area (Å²) in [5.74, 6) is 0.443. The van der Waals surface area contributed by atoms with Crippen LogP contribution in [0.2, 0.25) is 0 Å². The number of H-pyrrole nitrogens is 1. The molecule has 4 nitrogen and oxygen atoms in total. The minimum atomic E-state index is 0.443. The van der Waals surface area contributed by atoms with Crippen LogP contribution in [-0.2, 0) is 0 Å². The van der Waals surface area contributed by atoms with Crippen LogP contribution in [0.3, 0.4) is 0 Å². The molecule has 0 saturated heterocycles. The van der Waals surface area contributed by atoms with Crippen molar-refractivity contribution < 1.29 is 0 Å². The Morgan fingerprint density at radius 2 is 2.00 bits per heavy atom. The van der Waals surface area contributed by atoms with Gasteiger partial charge in [-0.25, -0.2) is 0 Å². The number of hydrogen-bond donors (Lipinski definition) is 2. The predicted octanol–water partition coefficient (Wildman–Crippen LogP) is 1.69. The third-order valence-electron chi connectivity index (χ3n) is 2.35. The number of nitrogens with one attached hydrogen (secondary N) is 1. The Balaban J connectivity index is 2.63. The summed E-state index contributed by atoms with van der Waals surface area (Å²) in [7, 11) is 0. The second kappa shape index (κ2) is 2.45. The Kier molecular flexibility index (Phi) is 1.28. The Morgan fingerprint density at radius 1 is 1.14 bits per heavy atom. The first kappa shape index (κ1) is 7.32. The number of hydrogen-bond acceptors (Lipinski definition) is 3. The zero-order valence-electron chi connectivity index (χ0n) is 7.36. The molecule has 2 aromatic heterocycles. The zero-order valence-corrected chi connectivity index (χ0v) is 7.36. The van der Waals surface area contributed by atoms with E-state index < -0.39 is 0 Å². The number of nitrogen functional groups attached to an aromatic ring is 1. The number of rotatable bonds is 0. The number of benzene rings is 1. The van der Waals surface area contributed by atoms with Crippen molar-refractivity contribution in [3.8, 4) is 0 Å². The molecule has 0 aliphatic carbocycles. The Hall–Kier alpha value is -2.10. The lowest BCUT2D eigenvalue weighted by molar-refractivity contribution is 1.06. The molecule has 14 heavy (non-hydrogen) atoms. The number of aromatic nitrogens is 3. The van der Waals surface area contributed by atoms with Crippen LogP contribution in [0.15, 0.2) is 30.5 Å². The molecule has 0 aliphatic rings. The molecule has 0 bridgehead atoms. The van der Waals surface area contributed by atoms with Gasteiger partial charge in [0.25, 0.3) is 0 Å². The highest BCUT2D eigenvalue weighted by Crippen LogP contribution is 2.26. The molecule has 3 rings (SSSR count). The number of nitrogens with zero attached hydrogens (tertiary/aromatic N) is 2. The molecule has 3 aromatic rings. The van der Waals surface area contributed by atoms with Gasteiger partial charge in [-0.15, -0.1) is 5.10 Å². The summed E-state index contributed by atoms with van der Waals surface area (Å²) in [6, 6.07) is 8.02. The zero-order chi connectivity index (χ0) is 9.54. The van der Waals surface area contributed by atoms with Crippen molar-refractivity contribution in [1.82, 2.24) is 15.2 Å². The van der Waals surface area contributed by atoms with Crippen LogP contribution in [0, 0.1) is 0 Å².